The van der Waals surface area contributed by atoms with Crippen molar-refractivity contribution >= 4 is 41.6 Å². The summed E-state index contributed by atoms with van der Waals surface area (Å²) in [6.07, 6.45) is 4.73. The number of primary amides is 1. The highest BCUT2D eigenvalue weighted by Gasteiger charge is 2.41. The van der Waals surface area contributed by atoms with E-state index in [4.69, 9.17) is 26.8 Å². The third-order valence-electron chi connectivity index (χ3n) is 11.1. The highest BCUT2D eigenvalue weighted by atomic mass is 19.1. The van der Waals surface area contributed by atoms with Gasteiger partial charge in [0.25, 0.3) is 0 Å². The Balaban J connectivity index is 0.00000113. The van der Waals surface area contributed by atoms with Crippen LogP contribution in [0, 0.1) is 12.8 Å². The van der Waals surface area contributed by atoms with Crippen LogP contribution in [0.25, 0.3) is 0 Å². The monoisotopic (exact) mass is 938 g/mol. The predicted molar refractivity (Wildman–Crippen MR) is 251 cm³/mol. The van der Waals surface area contributed by atoms with Gasteiger partial charge in [0, 0.05) is 63.1 Å². The van der Waals surface area contributed by atoms with Crippen molar-refractivity contribution in [2.45, 2.75) is 52.0 Å². The minimum atomic E-state index is -1.35. The Bertz CT molecular complexity index is 2360. The quantitative estimate of drug-likeness (QED) is 0.0433. The van der Waals surface area contributed by atoms with E-state index in [1.807, 2.05) is 55.5 Å². The van der Waals surface area contributed by atoms with Gasteiger partial charge in [-0.05, 0) is 62.1 Å². The summed E-state index contributed by atoms with van der Waals surface area (Å²) in [6.45, 7) is 5.51. The second-order valence-corrected chi connectivity index (χ2v) is 16.0. The van der Waals surface area contributed by atoms with E-state index in [2.05, 4.69) is 35.0 Å². The maximum atomic E-state index is 15.4. The van der Waals surface area contributed by atoms with Gasteiger partial charge >= 0.3 is 24.2 Å². The van der Waals surface area contributed by atoms with Gasteiger partial charge in [0.1, 0.15) is 30.7 Å². The third kappa shape index (κ3) is 15.1. The van der Waals surface area contributed by atoms with Crippen molar-refractivity contribution in [3.05, 3.63) is 149 Å². The normalized spacial score (nSPS) is 17.1. The number of rotatable bonds is 17. The second kappa shape index (κ2) is 25.2. The number of halogens is 1. The molecule has 0 radical (unpaired) electrons. The van der Waals surface area contributed by atoms with E-state index in [1.54, 1.807) is 40.1 Å². The van der Waals surface area contributed by atoms with Crippen LogP contribution in [0.1, 0.15) is 36.5 Å². The van der Waals surface area contributed by atoms with Crippen LogP contribution in [0.2, 0.25) is 0 Å². The lowest BCUT2D eigenvalue weighted by atomic mass is 9.82. The summed E-state index contributed by atoms with van der Waals surface area (Å²) in [5.74, 6) is 2.21. The van der Waals surface area contributed by atoms with Crippen molar-refractivity contribution in [3.8, 4) is 0 Å². The molecule has 20 heteroatoms. The number of carboxylic acids is 1. The molecular weight excluding hydrogens is 880 g/mol. The molecule has 1 fully saturated rings. The Hall–Kier alpha value is -7.87. The molecule has 2 heterocycles. The molecule has 3 aliphatic rings. The maximum absolute atomic E-state index is 15.4. The smallest absolute Gasteiger partial charge is 0.410 e. The molecule has 0 bridgehead atoms. The van der Waals surface area contributed by atoms with Crippen molar-refractivity contribution < 1.29 is 47.7 Å². The average molecular weight is 939 g/mol. The Labute approximate surface area is 394 Å². The molecule has 3 aromatic rings. The van der Waals surface area contributed by atoms with Gasteiger partial charge in [-0.3, -0.25) is 9.59 Å². The number of piperazine rings is 1. The van der Waals surface area contributed by atoms with Gasteiger partial charge in [0.05, 0.1) is 24.2 Å². The molecule has 2 aliphatic heterocycles. The zero-order chi connectivity index (χ0) is 49.2. The average Bonchev–Trinajstić information content (AvgIpc) is 3.33. The number of aryl methyl sites for hydroxylation is 1. The molecule has 6 rings (SSSR count). The van der Waals surface area contributed by atoms with Crippen LogP contribution in [0.5, 0.6) is 0 Å². The van der Waals surface area contributed by atoms with Gasteiger partial charge < -0.3 is 61.7 Å². The summed E-state index contributed by atoms with van der Waals surface area (Å²) in [6, 6.07) is 23.8. The third-order valence-corrected chi connectivity index (χ3v) is 11.1. The summed E-state index contributed by atoms with van der Waals surface area (Å²) < 4.78 is 26.1. The van der Waals surface area contributed by atoms with E-state index in [9.17, 15) is 33.9 Å². The number of Topliss-reactive ketones (excluding diaryl/α,β-unsaturated/α-hetero) is 1. The van der Waals surface area contributed by atoms with E-state index < -0.39 is 59.7 Å². The number of nitrogens with two attached hydrogens (primary N) is 3. The number of hydrogen-bond acceptors (Lipinski definition) is 13. The molecule has 0 spiro atoms. The van der Waals surface area contributed by atoms with Crippen LogP contribution in [-0.2, 0) is 37.1 Å². The minimum Gasteiger partial charge on any atom is -0.478 e. The van der Waals surface area contributed by atoms with Gasteiger partial charge in [-0.25, -0.2) is 29.4 Å². The van der Waals surface area contributed by atoms with Gasteiger partial charge in [0.15, 0.2) is 5.78 Å². The lowest BCUT2D eigenvalue weighted by Crippen LogP contribution is -2.50. The van der Waals surface area contributed by atoms with Crippen LogP contribution >= 0.6 is 0 Å². The number of anilines is 1. The van der Waals surface area contributed by atoms with Crippen molar-refractivity contribution in [2.24, 2.45) is 23.2 Å². The number of likely N-dealkylation sites (N-methyl/N-ethyl adjacent to an activating group) is 1. The highest BCUT2D eigenvalue weighted by Crippen LogP contribution is 2.35. The van der Waals surface area contributed by atoms with Crippen LogP contribution in [0.3, 0.4) is 0 Å². The zero-order valence-corrected chi connectivity index (χ0v) is 38.0. The number of fused-ring (bicyclic) bond motifs is 1. The second-order valence-electron chi connectivity index (χ2n) is 16.0. The Kier molecular flexibility index (Phi) is 18.9. The number of aliphatic carboxylic acids is 1. The Morgan fingerprint density at radius 1 is 0.882 bits per heavy atom. The summed E-state index contributed by atoms with van der Waals surface area (Å²) in [4.78, 5) is 79.2. The molecule has 3 unspecified atom stereocenters. The molecular formula is C48H59FN10O9. The van der Waals surface area contributed by atoms with Crippen molar-refractivity contribution in [3.63, 3.8) is 0 Å². The number of ether oxygens (including phenoxy) is 2. The van der Waals surface area contributed by atoms with Crippen molar-refractivity contribution in [1.29, 1.82) is 0 Å². The number of carboxylic acid groups (broad SMARTS) is 1. The molecule has 1 saturated heterocycles. The number of benzene rings is 3. The number of hydrazine groups is 1. The van der Waals surface area contributed by atoms with Gasteiger partial charge in [-0.15, -0.1) is 0 Å². The molecule has 0 aromatic heterocycles. The molecule has 1 aliphatic carbocycles. The fraction of sp³-hybridized carbons (Fsp3) is 0.333. The summed E-state index contributed by atoms with van der Waals surface area (Å²) in [7, 11) is 0. The molecule has 3 aromatic carbocycles. The number of amides is 5. The maximum Gasteiger partial charge on any atom is 0.410 e. The predicted octanol–water partition coefficient (Wildman–Crippen LogP) is 4.20. The first-order chi connectivity index (χ1) is 32.6. The molecule has 10 N–H and O–H groups in total. The lowest BCUT2D eigenvalue weighted by Gasteiger charge is -2.42. The Morgan fingerprint density at radius 3 is 2.12 bits per heavy atom. The van der Waals surface area contributed by atoms with E-state index in [-0.39, 0.29) is 62.8 Å². The summed E-state index contributed by atoms with van der Waals surface area (Å²) in [5.41, 5.74) is 14.5. The first-order valence-electron chi connectivity index (χ1n) is 22.0. The number of carbonyl (C=O) groups excluding carboxylic acids is 5. The fourth-order valence-electron chi connectivity index (χ4n) is 7.44. The first kappa shape index (κ1) is 51.1. The highest BCUT2D eigenvalue weighted by molar-refractivity contribution is 6.18. The molecule has 362 valence electrons. The zero-order valence-electron chi connectivity index (χ0n) is 38.0. The van der Waals surface area contributed by atoms with Crippen molar-refractivity contribution in [1.82, 2.24) is 30.3 Å². The number of urea groups is 1. The fourth-order valence-corrected chi connectivity index (χ4v) is 7.44. The molecule has 3 atom stereocenters. The molecule has 68 heavy (non-hydrogen) atoms. The van der Waals surface area contributed by atoms with Crippen LogP contribution in [-0.4, -0.2) is 119 Å². The number of allylic oxidation sites excluding steroid dienone is 1. The minimum absolute atomic E-state index is 0.0600. The SMILES string of the molecule is CCN1C=C(C(=O)O)C(=O)C2C=C(F)C(N3CCN(C(=O)OCc4ccc(NC(=O)C(CCCNC(N)=O)N(N)/C=C(\N)CNC(=O)OCc5ccccc5)cc4)CC3)=CC21.Cc1ccccc1. The van der Waals surface area contributed by atoms with Crippen LogP contribution in [0.4, 0.5) is 24.5 Å². The van der Waals surface area contributed by atoms with E-state index in [0.717, 1.165) is 10.6 Å². The number of carbonyl (C=O) groups is 6. The summed E-state index contributed by atoms with van der Waals surface area (Å²) in [5, 5.41) is 18.4. The Morgan fingerprint density at radius 2 is 1.51 bits per heavy atom. The van der Waals surface area contributed by atoms with E-state index in [1.165, 1.54) is 28.9 Å². The van der Waals surface area contributed by atoms with Gasteiger partial charge in [-0.2, -0.15) is 0 Å². The number of ketones is 1. The number of hydrogen-bond donors (Lipinski definition) is 7. The lowest BCUT2D eigenvalue weighted by molar-refractivity contribution is -0.136. The number of nitrogens with one attached hydrogen (secondary N) is 3. The van der Waals surface area contributed by atoms with Gasteiger partial charge in [-0.1, -0.05) is 78.4 Å². The van der Waals surface area contributed by atoms with Gasteiger partial charge in [0.2, 0.25) is 5.91 Å². The molecule has 0 saturated carbocycles. The van der Waals surface area contributed by atoms with Crippen LogP contribution < -0.4 is 33.3 Å². The van der Waals surface area contributed by atoms with E-state index >= 15 is 4.39 Å². The van der Waals surface area contributed by atoms with Crippen LogP contribution in [0.15, 0.2) is 132 Å². The van der Waals surface area contributed by atoms with E-state index in [0.29, 0.717) is 37.3 Å². The first-order valence-corrected chi connectivity index (χ1v) is 22.0. The van der Waals surface area contributed by atoms with Crippen molar-refractivity contribution in [2.75, 3.05) is 51.1 Å². The summed E-state index contributed by atoms with van der Waals surface area (Å²) >= 11 is 0. The number of alkyl carbamates (subject to hydrolysis) is 1. The number of nitrogens with zero attached hydrogens (tertiary/aromatic N) is 4. The topological polar surface area (TPSA) is 268 Å². The molecule has 5 amide bonds. The largest absolute Gasteiger partial charge is 0.478 e. The standard InChI is InChI=1S/C41H51FN10O9.C7H8/c1-2-49-23-31(38(55)56)36(53)30-19-32(42)35(20-34(30)49)50-15-17-51(18-16-50)41(59)61-25-27-10-12-29(13-11-27)48-37(54)33(9-6-14-46-39(44)57)52(45)22-28(43)21-47-40(58)60-24-26-7-4-3-5-8-26;1-7-5-3-2-4-6-7/h3-5,7-8,10-13,19-20,22-23,30,33-34H,2,6,9,14-18,21,24-25,43,45H2,1H3,(H,47,58)(H,48,54)(H,55,56)(H3,44,46,57);2-6H,1H3/b28-22-;. The molecule has 19 nitrogen and oxygen atoms in total.